The lowest BCUT2D eigenvalue weighted by Crippen LogP contribution is -2.38. The van der Waals surface area contributed by atoms with Crippen molar-refractivity contribution in [3.8, 4) is 0 Å². The Morgan fingerprint density at radius 3 is 2.85 bits per heavy atom. The first-order valence-corrected chi connectivity index (χ1v) is 11.4. The molecule has 10 nitrogen and oxygen atoms in total. The number of amides is 2. The normalized spacial score (nSPS) is 21.3. The first kappa shape index (κ1) is 20.0. The van der Waals surface area contributed by atoms with Gasteiger partial charge in [0.05, 0.1) is 5.69 Å². The molecule has 1 saturated carbocycles. The molecule has 2 amide bonds. The number of nitrogens with two attached hydrogens (primary N) is 1. The molecule has 1 saturated heterocycles. The monoisotopic (exact) mass is 447 g/mol. The number of anilines is 1. The van der Waals surface area contributed by atoms with Crippen LogP contribution in [0.1, 0.15) is 75.6 Å². The summed E-state index contributed by atoms with van der Waals surface area (Å²) in [5, 5.41) is 10.3. The zero-order valence-electron chi connectivity index (χ0n) is 18.1. The van der Waals surface area contributed by atoms with E-state index in [1.165, 1.54) is 0 Å². The number of nitrogens with zero attached hydrogens (tertiary/aromatic N) is 3. The first-order chi connectivity index (χ1) is 15.9. The molecule has 1 atom stereocenters. The van der Waals surface area contributed by atoms with Crippen molar-refractivity contribution >= 4 is 34.4 Å². The molecular weight excluding hydrogens is 422 g/mol. The van der Waals surface area contributed by atoms with Crippen molar-refractivity contribution in [2.45, 2.75) is 50.0 Å². The van der Waals surface area contributed by atoms with Gasteiger partial charge >= 0.3 is 0 Å². The molecule has 1 unspecified atom stereocenters. The second-order valence-electron chi connectivity index (χ2n) is 9.45. The number of ketones is 1. The van der Waals surface area contributed by atoms with Gasteiger partial charge in [-0.3, -0.25) is 14.4 Å². The second-order valence-corrected chi connectivity index (χ2v) is 9.45. The fourth-order valence-corrected chi connectivity index (χ4v) is 5.42. The lowest BCUT2D eigenvalue weighted by Gasteiger charge is -2.16. The number of nitrogens with one attached hydrogen (secondary N) is 3. The van der Waals surface area contributed by atoms with Gasteiger partial charge in [0.25, 0.3) is 11.8 Å². The Morgan fingerprint density at radius 1 is 1.24 bits per heavy atom. The van der Waals surface area contributed by atoms with E-state index < -0.39 is 0 Å². The van der Waals surface area contributed by atoms with Crippen LogP contribution < -0.4 is 11.1 Å². The summed E-state index contributed by atoms with van der Waals surface area (Å²) in [4.78, 5) is 47.1. The van der Waals surface area contributed by atoms with Gasteiger partial charge in [0.15, 0.2) is 5.78 Å². The van der Waals surface area contributed by atoms with E-state index in [1.54, 1.807) is 11.0 Å². The molecule has 5 N–H and O–H groups in total. The van der Waals surface area contributed by atoms with Crippen molar-refractivity contribution in [3.05, 3.63) is 40.8 Å². The van der Waals surface area contributed by atoms with Gasteiger partial charge in [-0.25, -0.2) is 5.10 Å². The Kier molecular flexibility index (Phi) is 4.33. The highest BCUT2D eigenvalue weighted by molar-refractivity contribution is 6.06. The first-order valence-electron chi connectivity index (χ1n) is 11.4. The number of likely N-dealkylation sites (tertiary alicyclic amines) is 1. The maximum absolute atomic E-state index is 13.1. The van der Waals surface area contributed by atoms with Crippen LogP contribution in [0, 0.1) is 0 Å². The van der Waals surface area contributed by atoms with Gasteiger partial charge in [0.1, 0.15) is 0 Å². The highest BCUT2D eigenvalue weighted by Crippen LogP contribution is 2.56. The van der Waals surface area contributed by atoms with Crippen LogP contribution in [0.4, 0.5) is 5.95 Å². The number of carbonyl (C=O) groups is 3. The molecular formula is C23H25N7O3. The van der Waals surface area contributed by atoms with Crippen LogP contribution in [-0.4, -0.2) is 61.8 Å². The molecule has 1 aliphatic heterocycles. The molecule has 3 aliphatic rings. The minimum atomic E-state index is -0.310. The third-order valence-electron chi connectivity index (χ3n) is 7.29. The molecule has 6 rings (SSSR count). The van der Waals surface area contributed by atoms with E-state index in [2.05, 4.69) is 25.5 Å². The summed E-state index contributed by atoms with van der Waals surface area (Å²) in [6.07, 6.45) is 5.36. The van der Waals surface area contributed by atoms with Gasteiger partial charge in [-0.1, -0.05) is 0 Å². The third-order valence-corrected chi connectivity index (χ3v) is 7.29. The average Bonchev–Trinajstić information content (AvgIpc) is 3.15. The van der Waals surface area contributed by atoms with Crippen molar-refractivity contribution < 1.29 is 14.4 Å². The number of Topliss-reactive ketones (excluding diaryl/α,β-unsaturated/α-hetero) is 1. The summed E-state index contributed by atoms with van der Waals surface area (Å²) >= 11 is 0. The van der Waals surface area contributed by atoms with Gasteiger partial charge in [-0.05, 0) is 61.3 Å². The minimum absolute atomic E-state index is 0.0293. The zero-order valence-corrected chi connectivity index (χ0v) is 18.1. The van der Waals surface area contributed by atoms with Crippen molar-refractivity contribution in [2.24, 2.45) is 0 Å². The van der Waals surface area contributed by atoms with Crippen LogP contribution in [-0.2, 0) is 5.41 Å². The minimum Gasteiger partial charge on any atom is -0.368 e. The summed E-state index contributed by atoms with van der Waals surface area (Å²) in [6.45, 7) is 0.894. The molecule has 1 aromatic carbocycles. The number of aromatic amines is 2. The number of benzene rings is 1. The van der Waals surface area contributed by atoms with Gasteiger partial charge in [0.2, 0.25) is 11.8 Å². The second kappa shape index (κ2) is 7.16. The molecule has 2 fully saturated rings. The number of hydrogen-bond acceptors (Lipinski definition) is 6. The Labute approximate surface area is 189 Å². The fraction of sp³-hybridized carbons (Fsp3) is 0.435. The van der Waals surface area contributed by atoms with Crippen molar-refractivity contribution in [1.29, 1.82) is 0 Å². The molecule has 2 aliphatic carbocycles. The quantitative estimate of drug-likeness (QED) is 0.482. The predicted octanol–water partition coefficient (Wildman–Crippen LogP) is 1.91. The smallest absolute Gasteiger partial charge is 0.293 e. The zero-order chi connectivity index (χ0) is 22.7. The fourth-order valence-electron chi connectivity index (χ4n) is 5.42. The molecule has 33 heavy (non-hydrogen) atoms. The van der Waals surface area contributed by atoms with Gasteiger partial charge < -0.3 is 20.9 Å². The lowest BCUT2D eigenvalue weighted by molar-refractivity contribution is 0.0772. The molecule has 170 valence electrons. The molecule has 2 aromatic heterocycles. The Hall–Kier alpha value is -3.69. The van der Waals surface area contributed by atoms with Crippen molar-refractivity contribution in [2.75, 3.05) is 18.8 Å². The largest absolute Gasteiger partial charge is 0.368 e. The standard InChI is InChI=1S/C23H25N7O3/c24-22-27-19(28-29-22)21(33)30-9-5-13(11-30)25-20(32)12-3-4-15-14(10-12)17-18(26-15)16(31)2-1-6-23(17)7-8-23/h3-4,10,13,26H,1-2,5-9,11H2,(H,25,32)(H3,24,27,28,29). The Morgan fingerprint density at radius 2 is 2.09 bits per heavy atom. The average molecular weight is 447 g/mol. The number of aromatic nitrogens is 4. The molecule has 3 aromatic rings. The number of fused-ring (bicyclic) bond motifs is 4. The highest BCUT2D eigenvalue weighted by Gasteiger charge is 2.48. The summed E-state index contributed by atoms with van der Waals surface area (Å²) in [5.74, 6) is -0.204. The van der Waals surface area contributed by atoms with Crippen molar-refractivity contribution in [3.63, 3.8) is 0 Å². The van der Waals surface area contributed by atoms with Gasteiger partial charge in [0, 0.05) is 42.0 Å². The Balaban J connectivity index is 1.21. The molecule has 0 bridgehead atoms. The van der Waals surface area contributed by atoms with E-state index >= 15 is 0 Å². The molecule has 1 spiro atoms. The summed E-state index contributed by atoms with van der Waals surface area (Å²) < 4.78 is 0. The lowest BCUT2D eigenvalue weighted by atomic mass is 9.90. The number of hydrogen-bond donors (Lipinski definition) is 4. The van der Waals surface area contributed by atoms with Crippen LogP contribution in [0.5, 0.6) is 0 Å². The number of nitrogen functional groups attached to an aromatic ring is 1. The summed E-state index contributed by atoms with van der Waals surface area (Å²) in [6, 6.07) is 5.42. The van der Waals surface area contributed by atoms with Crippen LogP contribution >= 0.6 is 0 Å². The van der Waals surface area contributed by atoms with E-state index in [-0.39, 0.29) is 40.8 Å². The van der Waals surface area contributed by atoms with E-state index in [0.29, 0.717) is 31.5 Å². The van der Waals surface area contributed by atoms with Crippen molar-refractivity contribution in [1.82, 2.24) is 30.4 Å². The number of rotatable bonds is 3. The van der Waals surface area contributed by atoms with E-state index in [4.69, 9.17) is 5.73 Å². The maximum Gasteiger partial charge on any atom is 0.293 e. The van der Waals surface area contributed by atoms with Crippen LogP contribution in [0.15, 0.2) is 18.2 Å². The SMILES string of the molecule is Nc1nc(C(=O)N2CCC(NC(=O)c3ccc4[nH]c5c(c4c3)C3(CCCC5=O)CC3)C2)n[nH]1. The third kappa shape index (κ3) is 3.28. The number of H-pyrrole nitrogens is 2. The summed E-state index contributed by atoms with van der Waals surface area (Å²) in [5.41, 5.74) is 8.90. The van der Waals surface area contributed by atoms with E-state index in [1.807, 2.05) is 12.1 Å². The highest BCUT2D eigenvalue weighted by atomic mass is 16.2. The van der Waals surface area contributed by atoms with E-state index in [9.17, 15) is 14.4 Å². The van der Waals surface area contributed by atoms with Gasteiger partial charge in [-0.2, -0.15) is 4.98 Å². The molecule has 3 heterocycles. The van der Waals surface area contributed by atoms with Crippen LogP contribution in [0.3, 0.4) is 0 Å². The maximum atomic E-state index is 13.1. The number of carbonyl (C=O) groups excluding carboxylic acids is 3. The molecule has 10 heteroatoms. The topological polar surface area (TPSA) is 150 Å². The molecule has 0 radical (unpaired) electrons. The van der Waals surface area contributed by atoms with Crippen LogP contribution in [0.2, 0.25) is 0 Å². The predicted molar refractivity (Wildman–Crippen MR) is 120 cm³/mol. The Bertz CT molecular complexity index is 1300. The van der Waals surface area contributed by atoms with Crippen LogP contribution in [0.25, 0.3) is 10.9 Å². The van der Waals surface area contributed by atoms with Gasteiger partial charge in [-0.15, -0.1) is 5.10 Å². The van der Waals surface area contributed by atoms with E-state index in [0.717, 1.165) is 47.8 Å². The summed E-state index contributed by atoms with van der Waals surface area (Å²) in [7, 11) is 0.